The van der Waals surface area contributed by atoms with Crippen molar-refractivity contribution in [2.24, 2.45) is 0 Å². The zero-order valence-electron chi connectivity index (χ0n) is 10.6. The lowest BCUT2D eigenvalue weighted by Crippen LogP contribution is -2.08. The Balaban J connectivity index is 2.69. The highest BCUT2D eigenvalue weighted by Gasteiger charge is 2.34. The molecule has 20 heavy (non-hydrogen) atoms. The van der Waals surface area contributed by atoms with Crippen molar-refractivity contribution in [2.75, 3.05) is 6.61 Å². The van der Waals surface area contributed by atoms with Crippen molar-refractivity contribution >= 4 is 6.08 Å². The van der Waals surface area contributed by atoms with E-state index in [1.54, 1.807) is 36.4 Å². The molecular weight excluding hydrogens is 265 g/mol. The highest BCUT2D eigenvalue weighted by atomic mass is 19.4. The highest BCUT2D eigenvalue weighted by Crippen LogP contribution is 2.39. The fraction of sp³-hybridized carbons (Fsp3) is 0.125. The van der Waals surface area contributed by atoms with Gasteiger partial charge in [-0.05, 0) is 17.2 Å². The number of hydrogen-bond donors (Lipinski definition) is 1. The fourth-order valence-electron chi connectivity index (χ4n) is 2.05. The Bertz CT molecular complexity index is 601. The van der Waals surface area contributed by atoms with Gasteiger partial charge in [0.15, 0.2) is 0 Å². The van der Waals surface area contributed by atoms with Crippen LogP contribution in [0.25, 0.3) is 17.2 Å². The van der Waals surface area contributed by atoms with Crippen molar-refractivity contribution in [3.05, 3.63) is 65.7 Å². The third-order valence-corrected chi connectivity index (χ3v) is 2.87. The Labute approximate surface area is 115 Å². The van der Waals surface area contributed by atoms with Gasteiger partial charge in [-0.1, -0.05) is 54.6 Å². The SMILES string of the molecule is OC/C=C\c1cccc(C(F)(F)F)c1-c1ccccc1. The lowest BCUT2D eigenvalue weighted by Gasteiger charge is -2.15. The predicted molar refractivity (Wildman–Crippen MR) is 73.0 cm³/mol. The molecule has 1 nitrogen and oxygen atoms in total. The quantitative estimate of drug-likeness (QED) is 0.883. The minimum absolute atomic E-state index is 0.130. The minimum atomic E-state index is -4.42. The highest BCUT2D eigenvalue weighted by molar-refractivity contribution is 5.78. The Kier molecular flexibility index (Phi) is 4.25. The lowest BCUT2D eigenvalue weighted by atomic mass is 9.93. The molecule has 0 saturated carbocycles. The summed E-state index contributed by atoms with van der Waals surface area (Å²) < 4.78 is 39.5. The summed E-state index contributed by atoms with van der Waals surface area (Å²) in [4.78, 5) is 0. The lowest BCUT2D eigenvalue weighted by molar-refractivity contribution is -0.137. The molecule has 0 aliphatic carbocycles. The maximum Gasteiger partial charge on any atom is 0.417 e. The largest absolute Gasteiger partial charge is 0.417 e. The van der Waals surface area contributed by atoms with Crippen LogP contribution in [-0.4, -0.2) is 11.7 Å². The summed E-state index contributed by atoms with van der Waals surface area (Å²) in [5.41, 5.74) is 0.382. The van der Waals surface area contributed by atoms with Gasteiger partial charge in [-0.25, -0.2) is 0 Å². The zero-order valence-corrected chi connectivity index (χ0v) is 10.6. The number of benzene rings is 2. The van der Waals surface area contributed by atoms with Crippen LogP contribution in [0.2, 0.25) is 0 Å². The summed E-state index contributed by atoms with van der Waals surface area (Å²) in [6, 6.07) is 12.5. The molecule has 0 radical (unpaired) electrons. The molecule has 0 heterocycles. The standard InChI is InChI=1S/C16H13F3O/c17-16(18,19)14-10-4-8-13(9-5-11-20)15(14)12-6-2-1-3-7-12/h1-10,20H,11H2/b9-5-. The molecule has 2 aromatic carbocycles. The van der Waals surface area contributed by atoms with Gasteiger partial charge in [0.1, 0.15) is 0 Å². The van der Waals surface area contributed by atoms with Crippen molar-refractivity contribution in [3.8, 4) is 11.1 Å². The Morgan fingerprint density at radius 2 is 1.65 bits per heavy atom. The van der Waals surface area contributed by atoms with Crippen molar-refractivity contribution in [1.29, 1.82) is 0 Å². The summed E-state index contributed by atoms with van der Waals surface area (Å²) in [5.74, 6) is 0. The first kappa shape index (κ1) is 14.3. The number of rotatable bonds is 3. The van der Waals surface area contributed by atoms with Crippen LogP contribution >= 0.6 is 0 Å². The van der Waals surface area contributed by atoms with Crippen molar-refractivity contribution in [3.63, 3.8) is 0 Å². The molecule has 0 amide bonds. The van der Waals surface area contributed by atoms with E-state index in [1.165, 1.54) is 18.2 Å². The zero-order chi connectivity index (χ0) is 14.6. The Hall–Kier alpha value is -2.07. The first-order chi connectivity index (χ1) is 9.54. The molecule has 0 fully saturated rings. The predicted octanol–water partition coefficient (Wildman–Crippen LogP) is 4.38. The summed E-state index contributed by atoms with van der Waals surface area (Å²) in [5, 5.41) is 8.81. The molecule has 0 aromatic heterocycles. The summed E-state index contributed by atoms with van der Waals surface area (Å²) in [7, 11) is 0. The van der Waals surface area contributed by atoms with Crippen molar-refractivity contribution in [1.82, 2.24) is 0 Å². The van der Waals surface area contributed by atoms with E-state index >= 15 is 0 Å². The van der Waals surface area contributed by atoms with Crippen LogP contribution in [0.5, 0.6) is 0 Å². The molecule has 0 saturated heterocycles. The number of aliphatic hydroxyl groups is 1. The van der Waals surface area contributed by atoms with Crippen LogP contribution in [-0.2, 0) is 6.18 Å². The van der Waals surface area contributed by atoms with E-state index < -0.39 is 11.7 Å². The van der Waals surface area contributed by atoms with E-state index in [0.29, 0.717) is 11.1 Å². The first-order valence-electron chi connectivity index (χ1n) is 6.07. The molecule has 0 spiro atoms. The van der Waals surface area contributed by atoms with E-state index in [9.17, 15) is 13.2 Å². The summed E-state index contributed by atoms with van der Waals surface area (Å²) >= 11 is 0. The molecule has 104 valence electrons. The first-order valence-corrected chi connectivity index (χ1v) is 6.07. The summed E-state index contributed by atoms with van der Waals surface area (Å²) in [6.45, 7) is -0.218. The number of alkyl halides is 3. The minimum Gasteiger partial charge on any atom is -0.392 e. The van der Waals surface area contributed by atoms with Crippen LogP contribution in [0.3, 0.4) is 0 Å². The molecular formula is C16H13F3O. The molecule has 2 rings (SSSR count). The summed E-state index contributed by atoms with van der Waals surface area (Å²) in [6.07, 6.45) is -1.51. The number of halogens is 3. The molecule has 0 aliphatic heterocycles. The van der Waals surface area contributed by atoms with Crippen LogP contribution in [0.1, 0.15) is 11.1 Å². The number of aliphatic hydroxyl groups excluding tert-OH is 1. The van der Waals surface area contributed by atoms with Gasteiger partial charge >= 0.3 is 6.18 Å². The molecule has 0 atom stereocenters. The molecule has 0 aliphatic rings. The van der Waals surface area contributed by atoms with Gasteiger partial charge < -0.3 is 5.11 Å². The second-order valence-corrected chi connectivity index (χ2v) is 4.22. The second-order valence-electron chi connectivity index (χ2n) is 4.22. The fourth-order valence-corrected chi connectivity index (χ4v) is 2.05. The molecule has 1 N–H and O–H groups in total. The van der Waals surface area contributed by atoms with E-state index in [4.69, 9.17) is 5.11 Å². The molecule has 0 unspecified atom stereocenters. The Morgan fingerprint density at radius 1 is 0.950 bits per heavy atom. The van der Waals surface area contributed by atoms with Gasteiger partial charge in [0.2, 0.25) is 0 Å². The van der Waals surface area contributed by atoms with Crippen LogP contribution in [0.4, 0.5) is 13.2 Å². The second kappa shape index (κ2) is 5.92. The smallest absolute Gasteiger partial charge is 0.392 e. The molecule has 2 aromatic rings. The maximum atomic E-state index is 13.2. The molecule has 0 bridgehead atoms. The topological polar surface area (TPSA) is 20.2 Å². The van der Waals surface area contributed by atoms with Gasteiger partial charge in [0, 0.05) is 5.56 Å². The van der Waals surface area contributed by atoms with E-state index in [-0.39, 0.29) is 12.2 Å². The average Bonchev–Trinajstić information content (AvgIpc) is 2.44. The third kappa shape index (κ3) is 3.08. The van der Waals surface area contributed by atoms with Gasteiger partial charge in [-0.3, -0.25) is 0 Å². The van der Waals surface area contributed by atoms with Crippen molar-refractivity contribution in [2.45, 2.75) is 6.18 Å². The Morgan fingerprint density at radius 3 is 2.25 bits per heavy atom. The maximum absolute atomic E-state index is 13.2. The van der Waals surface area contributed by atoms with E-state index in [2.05, 4.69) is 0 Å². The third-order valence-electron chi connectivity index (χ3n) is 2.87. The van der Waals surface area contributed by atoms with Gasteiger partial charge in [-0.15, -0.1) is 0 Å². The van der Waals surface area contributed by atoms with Crippen molar-refractivity contribution < 1.29 is 18.3 Å². The average molecular weight is 278 g/mol. The number of hydrogen-bond acceptors (Lipinski definition) is 1. The van der Waals surface area contributed by atoms with E-state index in [1.807, 2.05) is 0 Å². The van der Waals surface area contributed by atoms with Gasteiger partial charge in [-0.2, -0.15) is 13.2 Å². The van der Waals surface area contributed by atoms with Crippen LogP contribution in [0, 0.1) is 0 Å². The van der Waals surface area contributed by atoms with Crippen LogP contribution < -0.4 is 0 Å². The van der Waals surface area contributed by atoms with Gasteiger partial charge in [0.25, 0.3) is 0 Å². The monoisotopic (exact) mass is 278 g/mol. The van der Waals surface area contributed by atoms with Crippen LogP contribution in [0.15, 0.2) is 54.6 Å². The molecule has 4 heteroatoms. The normalized spacial score (nSPS) is 12.0. The van der Waals surface area contributed by atoms with Gasteiger partial charge in [0.05, 0.1) is 12.2 Å². The van der Waals surface area contributed by atoms with E-state index in [0.717, 1.165) is 6.07 Å².